The van der Waals surface area contributed by atoms with E-state index < -0.39 is 5.91 Å². The van der Waals surface area contributed by atoms with Crippen LogP contribution in [0.5, 0.6) is 11.5 Å². The molecule has 1 aromatic carbocycles. The number of amides is 1. The van der Waals surface area contributed by atoms with E-state index in [1.54, 1.807) is 6.08 Å². The molecule has 1 fully saturated rings. The molecule has 2 rings (SSSR count). The van der Waals surface area contributed by atoms with Gasteiger partial charge in [0.1, 0.15) is 0 Å². The van der Waals surface area contributed by atoms with E-state index in [9.17, 15) is 4.79 Å². The molecule has 4 nitrogen and oxygen atoms in total. The Kier molecular flexibility index (Phi) is 5.04. The predicted molar refractivity (Wildman–Crippen MR) is 78.7 cm³/mol. The van der Waals surface area contributed by atoms with Crippen molar-refractivity contribution in [2.45, 2.75) is 38.7 Å². The monoisotopic (exact) mass is 275 g/mol. The summed E-state index contributed by atoms with van der Waals surface area (Å²) in [5.41, 5.74) is 5.96. The van der Waals surface area contributed by atoms with Crippen LogP contribution >= 0.6 is 0 Å². The van der Waals surface area contributed by atoms with Crippen LogP contribution in [0.25, 0.3) is 6.08 Å². The normalized spacial score (nSPS) is 15.7. The highest BCUT2D eigenvalue weighted by molar-refractivity contribution is 5.90. The van der Waals surface area contributed by atoms with Gasteiger partial charge in [0.2, 0.25) is 5.91 Å². The van der Waals surface area contributed by atoms with E-state index in [2.05, 4.69) is 0 Å². The average Bonchev–Trinajstić information content (AvgIpc) is 2.92. The predicted octanol–water partition coefficient (Wildman–Crippen LogP) is 2.91. The number of ether oxygens (including phenoxy) is 2. The molecule has 0 unspecified atom stereocenters. The minimum atomic E-state index is -0.464. The van der Waals surface area contributed by atoms with Crippen LogP contribution in [-0.2, 0) is 4.79 Å². The molecule has 0 heterocycles. The highest BCUT2D eigenvalue weighted by Gasteiger charge is 2.18. The van der Waals surface area contributed by atoms with Gasteiger partial charge in [-0.2, -0.15) is 0 Å². The number of hydrogen-bond acceptors (Lipinski definition) is 3. The Bertz CT molecular complexity index is 490. The molecule has 108 valence electrons. The van der Waals surface area contributed by atoms with Gasteiger partial charge in [-0.3, -0.25) is 4.79 Å². The highest BCUT2D eigenvalue weighted by Crippen LogP contribution is 2.32. The molecule has 0 aliphatic heterocycles. The molecule has 1 aromatic rings. The SMILES string of the molecule is CCOc1cc(/C=C\C(N)=O)ccc1OC1CCCC1. The Hall–Kier alpha value is -1.97. The van der Waals surface area contributed by atoms with E-state index in [4.69, 9.17) is 15.2 Å². The summed E-state index contributed by atoms with van der Waals surface area (Å²) in [4.78, 5) is 10.8. The molecule has 0 radical (unpaired) electrons. The van der Waals surface area contributed by atoms with Gasteiger partial charge in [0.15, 0.2) is 11.5 Å². The van der Waals surface area contributed by atoms with E-state index >= 15 is 0 Å². The van der Waals surface area contributed by atoms with Crippen LogP contribution in [0.3, 0.4) is 0 Å². The summed E-state index contributed by atoms with van der Waals surface area (Å²) in [6.07, 6.45) is 7.97. The molecule has 0 atom stereocenters. The van der Waals surface area contributed by atoms with E-state index in [0.717, 1.165) is 24.2 Å². The second kappa shape index (κ2) is 6.98. The Morgan fingerprint density at radius 3 is 2.75 bits per heavy atom. The first kappa shape index (κ1) is 14.4. The summed E-state index contributed by atoms with van der Waals surface area (Å²) in [5.74, 6) is 1.02. The van der Waals surface area contributed by atoms with Crippen LogP contribution in [-0.4, -0.2) is 18.6 Å². The average molecular weight is 275 g/mol. The summed E-state index contributed by atoms with van der Waals surface area (Å²) in [7, 11) is 0. The van der Waals surface area contributed by atoms with E-state index in [0.29, 0.717) is 18.5 Å². The van der Waals surface area contributed by atoms with Crippen molar-refractivity contribution in [1.82, 2.24) is 0 Å². The van der Waals surface area contributed by atoms with Gasteiger partial charge in [-0.05, 0) is 56.4 Å². The quantitative estimate of drug-likeness (QED) is 0.812. The lowest BCUT2D eigenvalue weighted by molar-refractivity contribution is -0.113. The third kappa shape index (κ3) is 4.02. The van der Waals surface area contributed by atoms with Crippen molar-refractivity contribution >= 4 is 12.0 Å². The van der Waals surface area contributed by atoms with Gasteiger partial charge in [-0.1, -0.05) is 6.07 Å². The topological polar surface area (TPSA) is 61.5 Å². The molecule has 1 saturated carbocycles. The van der Waals surface area contributed by atoms with E-state index in [1.807, 2.05) is 25.1 Å². The molecule has 1 aliphatic carbocycles. The van der Waals surface area contributed by atoms with Crippen LogP contribution in [0.4, 0.5) is 0 Å². The molecule has 1 amide bonds. The third-order valence-electron chi connectivity index (χ3n) is 3.30. The standard InChI is InChI=1S/C16H21NO3/c1-2-19-15-11-12(8-10-16(17)18)7-9-14(15)20-13-5-3-4-6-13/h7-11,13H,2-6H2,1H3,(H2,17,18)/b10-8-. The maximum Gasteiger partial charge on any atom is 0.241 e. The summed E-state index contributed by atoms with van der Waals surface area (Å²) in [6.45, 7) is 2.51. The summed E-state index contributed by atoms with van der Waals surface area (Å²) >= 11 is 0. The summed E-state index contributed by atoms with van der Waals surface area (Å²) in [5, 5.41) is 0. The van der Waals surface area contributed by atoms with Crippen molar-refractivity contribution in [3.63, 3.8) is 0 Å². The number of carbonyl (C=O) groups is 1. The molecule has 0 saturated heterocycles. The second-order valence-electron chi connectivity index (χ2n) is 4.90. The lowest BCUT2D eigenvalue weighted by Gasteiger charge is -2.17. The van der Waals surface area contributed by atoms with Gasteiger partial charge in [0, 0.05) is 6.08 Å². The molecule has 20 heavy (non-hydrogen) atoms. The van der Waals surface area contributed by atoms with Crippen LogP contribution in [0.2, 0.25) is 0 Å². The van der Waals surface area contributed by atoms with Crippen LogP contribution in [0, 0.1) is 0 Å². The van der Waals surface area contributed by atoms with Crippen LogP contribution in [0.1, 0.15) is 38.2 Å². The fourth-order valence-electron chi connectivity index (χ4n) is 2.36. The van der Waals surface area contributed by atoms with Crippen molar-refractivity contribution in [2.75, 3.05) is 6.61 Å². The summed E-state index contributed by atoms with van der Waals surface area (Å²) in [6, 6.07) is 5.66. The number of rotatable bonds is 6. The number of hydrogen-bond donors (Lipinski definition) is 1. The number of primary amides is 1. The van der Waals surface area contributed by atoms with Gasteiger partial charge < -0.3 is 15.2 Å². The maximum atomic E-state index is 10.8. The molecule has 0 bridgehead atoms. The molecule has 4 heteroatoms. The van der Waals surface area contributed by atoms with Crippen molar-refractivity contribution < 1.29 is 14.3 Å². The zero-order chi connectivity index (χ0) is 14.4. The summed E-state index contributed by atoms with van der Waals surface area (Å²) < 4.78 is 11.6. The van der Waals surface area contributed by atoms with Crippen molar-refractivity contribution in [2.24, 2.45) is 5.73 Å². The molecule has 0 aromatic heterocycles. The second-order valence-corrected chi connectivity index (χ2v) is 4.90. The third-order valence-corrected chi connectivity index (χ3v) is 3.30. The van der Waals surface area contributed by atoms with E-state index in [1.165, 1.54) is 18.9 Å². The largest absolute Gasteiger partial charge is 0.490 e. The Labute approximate surface area is 119 Å². The number of carbonyl (C=O) groups excluding carboxylic acids is 1. The molecular formula is C16H21NO3. The van der Waals surface area contributed by atoms with Crippen LogP contribution < -0.4 is 15.2 Å². The molecule has 1 aliphatic rings. The molecular weight excluding hydrogens is 254 g/mol. The Morgan fingerprint density at radius 2 is 2.10 bits per heavy atom. The smallest absolute Gasteiger partial charge is 0.241 e. The fourth-order valence-corrected chi connectivity index (χ4v) is 2.36. The van der Waals surface area contributed by atoms with Crippen molar-refractivity contribution in [3.05, 3.63) is 29.8 Å². The van der Waals surface area contributed by atoms with Crippen LogP contribution in [0.15, 0.2) is 24.3 Å². The molecule has 2 N–H and O–H groups in total. The van der Waals surface area contributed by atoms with Crippen molar-refractivity contribution in [1.29, 1.82) is 0 Å². The molecule has 0 spiro atoms. The zero-order valence-corrected chi connectivity index (χ0v) is 11.8. The van der Waals surface area contributed by atoms with E-state index in [-0.39, 0.29) is 0 Å². The van der Waals surface area contributed by atoms with Gasteiger partial charge in [0.05, 0.1) is 12.7 Å². The van der Waals surface area contributed by atoms with Gasteiger partial charge in [0.25, 0.3) is 0 Å². The minimum absolute atomic E-state index is 0.293. The van der Waals surface area contributed by atoms with Gasteiger partial charge >= 0.3 is 0 Å². The Balaban J connectivity index is 2.15. The fraction of sp³-hybridized carbons (Fsp3) is 0.438. The first-order valence-electron chi connectivity index (χ1n) is 7.10. The number of nitrogens with two attached hydrogens (primary N) is 1. The minimum Gasteiger partial charge on any atom is -0.490 e. The maximum absolute atomic E-state index is 10.8. The lowest BCUT2D eigenvalue weighted by atomic mass is 10.2. The lowest BCUT2D eigenvalue weighted by Crippen LogP contribution is -2.12. The highest BCUT2D eigenvalue weighted by atomic mass is 16.5. The van der Waals surface area contributed by atoms with Gasteiger partial charge in [-0.25, -0.2) is 0 Å². The Morgan fingerprint density at radius 1 is 1.35 bits per heavy atom. The number of benzene rings is 1. The van der Waals surface area contributed by atoms with Crippen molar-refractivity contribution in [3.8, 4) is 11.5 Å². The zero-order valence-electron chi connectivity index (χ0n) is 11.8. The first-order chi connectivity index (χ1) is 9.69. The first-order valence-corrected chi connectivity index (χ1v) is 7.10. The van der Waals surface area contributed by atoms with Gasteiger partial charge in [-0.15, -0.1) is 0 Å².